The van der Waals surface area contributed by atoms with Crippen molar-refractivity contribution in [3.63, 3.8) is 0 Å². The van der Waals surface area contributed by atoms with Gasteiger partial charge in [-0.05, 0) is 91.8 Å². The number of hydrogen-bond acceptors (Lipinski definition) is 1. The third kappa shape index (κ3) is 3.06. The van der Waals surface area contributed by atoms with Crippen LogP contribution in [0.15, 0.2) is 18.7 Å². The summed E-state index contributed by atoms with van der Waals surface area (Å²) in [7, 11) is 0. The molecular weight excluding hydrogens is 316 g/mol. The summed E-state index contributed by atoms with van der Waals surface area (Å²) in [6.45, 7) is 12.3. The molecular formula is C24H40N2. The maximum atomic E-state index is 4.45. The van der Waals surface area contributed by atoms with E-state index in [0.29, 0.717) is 6.04 Å². The number of fused-ring (bicyclic) bond motifs is 1. The fourth-order valence-corrected chi connectivity index (χ4v) is 6.95. The smallest absolute Gasteiger partial charge is 0.0948 e. The minimum atomic E-state index is 0.707. The van der Waals surface area contributed by atoms with E-state index in [4.69, 9.17) is 0 Å². The molecule has 4 rings (SSSR count). The Kier molecular flexibility index (Phi) is 5.23. The molecule has 0 spiro atoms. The van der Waals surface area contributed by atoms with Gasteiger partial charge in [-0.25, -0.2) is 4.98 Å². The minimum Gasteiger partial charge on any atom is -0.334 e. The standard InChI is InChI=1S/C24H40N2/c1-15(2)17(5)22-20-10-11-21(20)23(22)24(26-13-12-25-14-26)19-8-6-18(7-9-19)16(3)4/h12-24H,6-11H2,1-5H3/t17-,18?,19?,20?,21?,22?,23?,24?/m0/s1. The summed E-state index contributed by atoms with van der Waals surface area (Å²) in [5, 5.41) is 0. The normalized spacial score (nSPS) is 39.2. The van der Waals surface area contributed by atoms with Crippen LogP contribution in [0.3, 0.4) is 0 Å². The fourth-order valence-electron chi connectivity index (χ4n) is 6.95. The molecule has 0 aromatic carbocycles. The first-order valence-electron chi connectivity index (χ1n) is 11.5. The van der Waals surface area contributed by atoms with E-state index in [1.165, 1.54) is 38.5 Å². The maximum absolute atomic E-state index is 4.45. The molecule has 2 heteroatoms. The monoisotopic (exact) mass is 356 g/mol. The van der Waals surface area contributed by atoms with Gasteiger partial charge in [0.15, 0.2) is 0 Å². The van der Waals surface area contributed by atoms with Gasteiger partial charge in [-0.1, -0.05) is 34.6 Å². The van der Waals surface area contributed by atoms with Gasteiger partial charge in [0.1, 0.15) is 0 Å². The Morgan fingerprint density at radius 1 is 0.808 bits per heavy atom. The van der Waals surface area contributed by atoms with Crippen molar-refractivity contribution in [2.24, 2.45) is 53.3 Å². The first-order valence-corrected chi connectivity index (χ1v) is 11.5. The van der Waals surface area contributed by atoms with Crippen LogP contribution in [0.2, 0.25) is 0 Å². The van der Waals surface area contributed by atoms with E-state index in [1.54, 1.807) is 0 Å². The summed E-state index contributed by atoms with van der Waals surface area (Å²) in [5.74, 6) is 8.25. The number of hydrogen-bond donors (Lipinski definition) is 0. The third-order valence-corrected chi connectivity index (χ3v) is 8.98. The molecule has 3 aliphatic carbocycles. The van der Waals surface area contributed by atoms with Crippen molar-refractivity contribution in [3.8, 4) is 0 Å². The Morgan fingerprint density at radius 2 is 1.42 bits per heavy atom. The lowest BCUT2D eigenvalue weighted by molar-refractivity contribution is -0.166. The topological polar surface area (TPSA) is 17.8 Å². The Hall–Kier alpha value is -0.790. The van der Waals surface area contributed by atoms with Crippen molar-refractivity contribution in [2.45, 2.75) is 79.2 Å². The Bertz CT molecular complexity index is 567. The van der Waals surface area contributed by atoms with E-state index in [-0.39, 0.29) is 0 Å². The highest BCUT2D eigenvalue weighted by atomic mass is 15.1. The Labute approximate surface area is 161 Å². The largest absolute Gasteiger partial charge is 0.334 e. The zero-order valence-corrected chi connectivity index (χ0v) is 17.6. The predicted molar refractivity (Wildman–Crippen MR) is 109 cm³/mol. The molecule has 1 heterocycles. The molecule has 1 aromatic heterocycles. The summed E-state index contributed by atoms with van der Waals surface area (Å²) >= 11 is 0. The summed E-state index contributed by atoms with van der Waals surface area (Å²) in [5.41, 5.74) is 0. The molecule has 3 fully saturated rings. The molecule has 0 amide bonds. The number of imidazole rings is 1. The van der Waals surface area contributed by atoms with Crippen molar-refractivity contribution in [2.75, 3.05) is 0 Å². The molecule has 0 saturated heterocycles. The molecule has 6 atom stereocenters. The van der Waals surface area contributed by atoms with Gasteiger partial charge in [0.25, 0.3) is 0 Å². The average molecular weight is 357 g/mol. The van der Waals surface area contributed by atoms with Crippen LogP contribution in [0, 0.1) is 53.3 Å². The van der Waals surface area contributed by atoms with Gasteiger partial charge in [0, 0.05) is 18.4 Å². The highest BCUT2D eigenvalue weighted by Gasteiger charge is 2.60. The molecule has 5 unspecified atom stereocenters. The highest BCUT2D eigenvalue weighted by molar-refractivity contribution is 5.09. The van der Waals surface area contributed by atoms with Crippen LogP contribution in [-0.4, -0.2) is 9.55 Å². The lowest BCUT2D eigenvalue weighted by Crippen LogP contribution is -2.59. The second kappa shape index (κ2) is 7.32. The lowest BCUT2D eigenvalue weighted by atomic mass is 9.41. The number of nitrogens with zero attached hydrogens (tertiary/aromatic N) is 2. The van der Waals surface area contributed by atoms with Gasteiger partial charge >= 0.3 is 0 Å². The van der Waals surface area contributed by atoms with E-state index in [1.807, 2.05) is 6.20 Å². The van der Waals surface area contributed by atoms with Gasteiger partial charge < -0.3 is 4.57 Å². The SMILES string of the molecule is CC(C)C1CCC(C(C2C3CCC3C2[C@@H](C)C(C)C)n2ccnc2)CC1. The van der Waals surface area contributed by atoms with Gasteiger partial charge in [-0.2, -0.15) is 0 Å². The summed E-state index contributed by atoms with van der Waals surface area (Å²) in [4.78, 5) is 4.45. The first-order chi connectivity index (χ1) is 12.5. The van der Waals surface area contributed by atoms with E-state index >= 15 is 0 Å². The Balaban J connectivity index is 1.56. The van der Waals surface area contributed by atoms with E-state index in [9.17, 15) is 0 Å². The number of rotatable bonds is 6. The van der Waals surface area contributed by atoms with Crippen molar-refractivity contribution >= 4 is 0 Å². The average Bonchev–Trinajstić information content (AvgIpc) is 3.12. The molecule has 0 aliphatic heterocycles. The van der Waals surface area contributed by atoms with Gasteiger partial charge in [0.2, 0.25) is 0 Å². The van der Waals surface area contributed by atoms with Gasteiger partial charge in [-0.15, -0.1) is 0 Å². The van der Waals surface area contributed by atoms with E-state index in [0.717, 1.165) is 53.3 Å². The molecule has 2 nitrogen and oxygen atoms in total. The van der Waals surface area contributed by atoms with Crippen LogP contribution < -0.4 is 0 Å². The molecule has 0 radical (unpaired) electrons. The summed E-state index contributed by atoms with van der Waals surface area (Å²) in [6.07, 6.45) is 15.1. The highest BCUT2D eigenvalue weighted by Crippen LogP contribution is 2.66. The quantitative estimate of drug-likeness (QED) is 0.572. The molecule has 0 bridgehead atoms. The predicted octanol–water partition coefficient (Wildman–Crippen LogP) is 6.45. The van der Waals surface area contributed by atoms with E-state index < -0.39 is 0 Å². The molecule has 3 saturated carbocycles. The molecule has 1 aromatic rings. The van der Waals surface area contributed by atoms with Crippen molar-refractivity contribution in [1.29, 1.82) is 0 Å². The van der Waals surface area contributed by atoms with Crippen LogP contribution in [0.4, 0.5) is 0 Å². The molecule has 26 heavy (non-hydrogen) atoms. The summed E-state index contributed by atoms with van der Waals surface area (Å²) in [6, 6.07) is 0.707. The van der Waals surface area contributed by atoms with Crippen LogP contribution >= 0.6 is 0 Å². The van der Waals surface area contributed by atoms with Crippen molar-refractivity contribution < 1.29 is 0 Å². The van der Waals surface area contributed by atoms with E-state index in [2.05, 4.69) is 56.7 Å². The molecule has 3 aliphatic rings. The third-order valence-electron chi connectivity index (χ3n) is 8.98. The minimum absolute atomic E-state index is 0.707. The van der Waals surface area contributed by atoms with Gasteiger partial charge in [-0.3, -0.25) is 0 Å². The van der Waals surface area contributed by atoms with Gasteiger partial charge in [0.05, 0.1) is 6.33 Å². The van der Waals surface area contributed by atoms with Crippen LogP contribution in [-0.2, 0) is 0 Å². The van der Waals surface area contributed by atoms with Crippen molar-refractivity contribution in [1.82, 2.24) is 9.55 Å². The fraction of sp³-hybridized carbons (Fsp3) is 0.875. The second-order valence-corrected chi connectivity index (χ2v) is 10.6. The maximum Gasteiger partial charge on any atom is 0.0948 e. The number of aromatic nitrogens is 2. The Morgan fingerprint density at radius 3 is 1.92 bits per heavy atom. The summed E-state index contributed by atoms with van der Waals surface area (Å²) < 4.78 is 2.53. The lowest BCUT2D eigenvalue weighted by Gasteiger charge is -2.65. The molecule has 146 valence electrons. The molecule has 0 N–H and O–H groups in total. The van der Waals surface area contributed by atoms with Crippen LogP contribution in [0.25, 0.3) is 0 Å². The first kappa shape index (κ1) is 18.6. The van der Waals surface area contributed by atoms with Crippen LogP contribution in [0.1, 0.15) is 79.2 Å². The van der Waals surface area contributed by atoms with Crippen molar-refractivity contribution in [3.05, 3.63) is 18.7 Å². The zero-order chi connectivity index (χ0) is 18.4. The second-order valence-electron chi connectivity index (χ2n) is 10.6. The zero-order valence-electron chi connectivity index (χ0n) is 17.6. The van der Waals surface area contributed by atoms with Crippen LogP contribution in [0.5, 0.6) is 0 Å².